The Morgan fingerprint density at radius 1 is 1.36 bits per heavy atom. The molecule has 28 heavy (non-hydrogen) atoms. The van der Waals surface area contributed by atoms with Gasteiger partial charge in [0.2, 0.25) is 5.88 Å². The molecule has 150 valence electrons. The van der Waals surface area contributed by atoms with Crippen molar-refractivity contribution in [3.63, 3.8) is 0 Å². The van der Waals surface area contributed by atoms with Gasteiger partial charge in [0.15, 0.2) is 17.5 Å². The molecule has 1 fully saturated rings. The van der Waals surface area contributed by atoms with Crippen molar-refractivity contribution in [1.29, 1.82) is 0 Å². The van der Waals surface area contributed by atoms with Crippen molar-refractivity contribution in [1.82, 2.24) is 15.6 Å². The molecule has 0 spiro atoms. The molecule has 3 rings (SSSR count). The molecule has 1 aliphatic rings. The van der Waals surface area contributed by atoms with Crippen LogP contribution in [-0.4, -0.2) is 31.7 Å². The number of guanidine groups is 1. The molecule has 6 nitrogen and oxygen atoms in total. The number of benzene rings is 1. The fraction of sp³-hybridized carbons (Fsp3) is 0.429. The average molecular weight is 386 g/mol. The highest BCUT2D eigenvalue weighted by molar-refractivity contribution is 5.80. The molecular weight excluding hydrogens is 359 g/mol. The highest BCUT2D eigenvalue weighted by Crippen LogP contribution is 2.30. The number of methoxy groups -OCH3 is 1. The first-order valence-corrected chi connectivity index (χ1v) is 9.48. The number of halogens is 1. The van der Waals surface area contributed by atoms with E-state index < -0.39 is 0 Å². The fourth-order valence-corrected chi connectivity index (χ4v) is 2.80. The second-order valence-electron chi connectivity index (χ2n) is 6.91. The predicted molar refractivity (Wildman–Crippen MR) is 107 cm³/mol. The molecule has 7 heteroatoms. The summed E-state index contributed by atoms with van der Waals surface area (Å²) in [6.45, 7) is 3.06. The van der Waals surface area contributed by atoms with E-state index in [0.717, 1.165) is 11.1 Å². The van der Waals surface area contributed by atoms with E-state index in [2.05, 4.69) is 20.6 Å². The van der Waals surface area contributed by atoms with Gasteiger partial charge in [-0.1, -0.05) is 12.1 Å². The molecule has 0 amide bonds. The molecule has 1 aromatic carbocycles. The third-order valence-electron chi connectivity index (χ3n) is 4.69. The first kappa shape index (κ1) is 19.9. The van der Waals surface area contributed by atoms with Crippen molar-refractivity contribution >= 4 is 5.96 Å². The third kappa shape index (κ3) is 5.34. The van der Waals surface area contributed by atoms with E-state index in [9.17, 15) is 4.39 Å². The van der Waals surface area contributed by atoms with Crippen LogP contribution < -0.4 is 20.1 Å². The van der Waals surface area contributed by atoms with Gasteiger partial charge in [0, 0.05) is 25.4 Å². The highest BCUT2D eigenvalue weighted by atomic mass is 19.1. The van der Waals surface area contributed by atoms with Crippen molar-refractivity contribution in [3.8, 4) is 11.6 Å². The number of aliphatic imine (C=N–C) groups is 1. The zero-order chi connectivity index (χ0) is 19.9. The summed E-state index contributed by atoms with van der Waals surface area (Å²) in [6.07, 6.45) is 4.04. The molecule has 1 aliphatic carbocycles. The Hall–Kier alpha value is -2.83. The van der Waals surface area contributed by atoms with Crippen LogP contribution in [0.25, 0.3) is 0 Å². The molecule has 1 heterocycles. The summed E-state index contributed by atoms with van der Waals surface area (Å²) in [6, 6.07) is 8.74. The topological polar surface area (TPSA) is 67.8 Å². The molecule has 0 saturated heterocycles. The molecule has 0 radical (unpaired) electrons. The van der Waals surface area contributed by atoms with Gasteiger partial charge in [-0.05, 0) is 49.4 Å². The molecule has 0 aliphatic heterocycles. The Kier molecular flexibility index (Phi) is 6.68. The lowest BCUT2D eigenvalue weighted by Crippen LogP contribution is -2.38. The summed E-state index contributed by atoms with van der Waals surface area (Å²) >= 11 is 0. The molecule has 1 aromatic heterocycles. The summed E-state index contributed by atoms with van der Waals surface area (Å²) in [4.78, 5) is 8.42. The molecule has 0 bridgehead atoms. The Morgan fingerprint density at radius 2 is 2.18 bits per heavy atom. The smallest absolute Gasteiger partial charge is 0.218 e. The van der Waals surface area contributed by atoms with Gasteiger partial charge in [-0.15, -0.1) is 0 Å². The number of hydrogen-bond acceptors (Lipinski definition) is 4. The van der Waals surface area contributed by atoms with E-state index in [1.54, 1.807) is 26.4 Å². The standard InChI is InChI=1S/C21H27FN4O2/c1-14(16-8-9-19(18(22)11-16)28-13-15-6-7-15)26-21(23-2)25-12-17-5-4-10-24-20(17)27-3/h4-5,8-11,14-15H,6-7,12-13H2,1-3H3,(H2,23,25,26). The Balaban J connectivity index is 1.57. The fourth-order valence-electron chi connectivity index (χ4n) is 2.80. The molecule has 2 aromatic rings. The van der Waals surface area contributed by atoms with Crippen LogP contribution in [0.1, 0.15) is 36.9 Å². The summed E-state index contributed by atoms with van der Waals surface area (Å²) in [5.41, 5.74) is 1.74. The van der Waals surface area contributed by atoms with Crippen LogP contribution in [0.15, 0.2) is 41.5 Å². The zero-order valence-electron chi connectivity index (χ0n) is 16.5. The molecular formula is C21H27FN4O2. The largest absolute Gasteiger partial charge is 0.490 e. The maximum atomic E-state index is 14.3. The Morgan fingerprint density at radius 3 is 2.86 bits per heavy atom. The van der Waals surface area contributed by atoms with Gasteiger partial charge in [0.1, 0.15) is 0 Å². The third-order valence-corrected chi connectivity index (χ3v) is 4.69. The van der Waals surface area contributed by atoms with Gasteiger partial charge in [-0.25, -0.2) is 9.37 Å². The van der Waals surface area contributed by atoms with Gasteiger partial charge in [0.25, 0.3) is 0 Å². The number of nitrogens with zero attached hydrogens (tertiary/aromatic N) is 2. The summed E-state index contributed by atoms with van der Waals surface area (Å²) in [5, 5.41) is 6.49. The number of pyridine rings is 1. The van der Waals surface area contributed by atoms with Gasteiger partial charge in [-0.2, -0.15) is 0 Å². The number of hydrogen-bond donors (Lipinski definition) is 2. The quantitative estimate of drug-likeness (QED) is 0.537. The molecule has 2 N–H and O–H groups in total. The van der Waals surface area contributed by atoms with Gasteiger partial charge in [0.05, 0.1) is 19.8 Å². The summed E-state index contributed by atoms with van der Waals surface area (Å²) in [5.74, 6) is 1.74. The molecule has 1 saturated carbocycles. The minimum absolute atomic E-state index is 0.131. The van der Waals surface area contributed by atoms with Crippen molar-refractivity contribution < 1.29 is 13.9 Å². The second-order valence-corrected chi connectivity index (χ2v) is 6.91. The summed E-state index contributed by atoms with van der Waals surface area (Å²) in [7, 11) is 3.28. The van der Waals surface area contributed by atoms with E-state index >= 15 is 0 Å². The Bertz CT molecular complexity index is 824. The van der Waals surface area contributed by atoms with E-state index in [1.165, 1.54) is 18.9 Å². The molecule has 1 unspecified atom stereocenters. The van der Waals surface area contributed by atoms with Crippen molar-refractivity contribution in [2.24, 2.45) is 10.9 Å². The SMILES string of the molecule is CN=C(NCc1cccnc1OC)NC(C)c1ccc(OCC2CC2)c(F)c1. The maximum Gasteiger partial charge on any atom is 0.218 e. The highest BCUT2D eigenvalue weighted by Gasteiger charge is 2.22. The minimum Gasteiger partial charge on any atom is -0.490 e. The lowest BCUT2D eigenvalue weighted by Gasteiger charge is -2.19. The van der Waals surface area contributed by atoms with Crippen LogP contribution in [0.3, 0.4) is 0 Å². The number of aromatic nitrogens is 1. The first-order valence-electron chi connectivity index (χ1n) is 9.48. The van der Waals surface area contributed by atoms with Gasteiger partial charge in [-0.3, -0.25) is 4.99 Å². The summed E-state index contributed by atoms with van der Waals surface area (Å²) < 4.78 is 25.2. The van der Waals surface area contributed by atoms with Crippen LogP contribution in [0.5, 0.6) is 11.6 Å². The minimum atomic E-state index is -0.338. The van der Waals surface area contributed by atoms with Gasteiger partial charge < -0.3 is 20.1 Å². The van der Waals surface area contributed by atoms with Crippen LogP contribution in [0.2, 0.25) is 0 Å². The van der Waals surface area contributed by atoms with E-state index in [1.807, 2.05) is 25.1 Å². The number of nitrogens with one attached hydrogen (secondary N) is 2. The average Bonchev–Trinajstić information content (AvgIpc) is 3.54. The van der Waals surface area contributed by atoms with Crippen molar-refractivity contribution in [2.45, 2.75) is 32.4 Å². The van der Waals surface area contributed by atoms with Crippen molar-refractivity contribution in [2.75, 3.05) is 20.8 Å². The van der Waals surface area contributed by atoms with E-state index in [0.29, 0.717) is 36.7 Å². The second kappa shape index (κ2) is 9.39. The van der Waals surface area contributed by atoms with E-state index in [-0.39, 0.29) is 11.9 Å². The van der Waals surface area contributed by atoms with Gasteiger partial charge >= 0.3 is 0 Å². The number of ether oxygens (including phenoxy) is 2. The van der Waals surface area contributed by atoms with E-state index in [4.69, 9.17) is 9.47 Å². The lowest BCUT2D eigenvalue weighted by molar-refractivity contribution is 0.285. The van der Waals surface area contributed by atoms with Crippen LogP contribution >= 0.6 is 0 Å². The Labute approximate surface area is 165 Å². The number of rotatable bonds is 8. The van der Waals surface area contributed by atoms with Crippen LogP contribution in [0, 0.1) is 11.7 Å². The zero-order valence-corrected chi connectivity index (χ0v) is 16.5. The monoisotopic (exact) mass is 386 g/mol. The predicted octanol–water partition coefficient (Wildman–Crippen LogP) is 3.44. The van der Waals surface area contributed by atoms with Crippen molar-refractivity contribution in [3.05, 3.63) is 53.5 Å². The van der Waals surface area contributed by atoms with Crippen LogP contribution in [-0.2, 0) is 6.54 Å². The first-order chi connectivity index (χ1) is 13.6. The lowest BCUT2D eigenvalue weighted by atomic mass is 10.1. The molecule has 1 atom stereocenters. The van der Waals surface area contributed by atoms with Crippen LogP contribution in [0.4, 0.5) is 4.39 Å². The normalized spacial score (nSPS) is 15.1. The maximum absolute atomic E-state index is 14.3.